The van der Waals surface area contributed by atoms with E-state index in [0.717, 1.165) is 42.9 Å². The molecule has 0 radical (unpaired) electrons. The predicted molar refractivity (Wildman–Crippen MR) is 115 cm³/mol. The van der Waals surface area contributed by atoms with Crippen LogP contribution in [0.2, 0.25) is 0 Å². The Morgan fingerprint density at radius 1 is 1.11 bits per heavy atom. The molecule has 4 aliphatic carbocycles. The van der Waals surface area contributed by atoms with E-state index in [1.165, 1.54) is 57.8 Å². The van der Waals surface area contributed by atoms with E-state index in [2.05, 4.69) is 19.9 Å². The zero-order valence-corrected chi connectivity index (χ0v) is 18.6. The van der Waals surface area contributed by atoms with E-state index in [9.17, 15) is 9.50 Å². The van der Waals surface area contributed by atoms with Crippen LogP contribution >= 0.6 is 0 Å². The quantitative estimate of drug-likeness (QED) is 0.379. The average molecular weight is 391 g/mol. The zero-order chi connectivity index (χ0) is 19.9. The fraction of sp³-hybridized carbons (Fsp3) is 0.923. The Hall–Kier alpha value is -0.370. The number of aliphatic hydroxyl groups excluding tert-OH is 1. The molecule has 0 spiro atoms. The van der Waals surface area contributed by atoms with Gasteiger partial charge in [-0.15, -0.1) is 0 Å². The Kier molecular flexibility index (Phi) is 6.00. The van der Waals surface area contributed by atoms with Crippen molar-refractivity contribution >= 4 is 0 Å². The summed E-state index contributed by atoms with van der Waals surface area (Å²) >= 11 is 0. The van der Waals surface area contributed by atoms with Gasteiger partial charge in [0, 0.05) is 0 Å². The Morgan fingerprint density at radius 2 is 1.93 bits per heavy atom. The second kappa shape index (κ2) is 8.05. The highest BCUT2D eigenvalue weighted by molar-refractivity contribution is 5.25. The normalized spacial score (nSPS) is 46.3. The number of unbranched alkanes of at least 4 members (excludes halogenated alkanes) is 1. The molecule has 0 aromatic carbocycles. The number of alkyl halides is 1. The van der Waals surface area contributed by atoms with Crippen molar-refractivity contribution in [3.8, 4) is 0 Å². The first-order valence-electron chi connectivity index (χ1n) is 12.3. The van der Waals surface area contributed by atoms with Gasteiger partial charge in [0.25, 0.3) is 0 Å². The summed E-state index contributed by atoms with van der Waals surface area (Å²) in [5.74, 6) is 3.77. The van der Waals surface area contributed by atoms with E-state index < -0.39 is 0 Å². The molecule has 0 aliphatic heterocycles. The van der Waals surface area contributed by atoms with E-state index in [0.29, 0.717) is 10.8 Å². The van der Waals surface area contributed by atoms with Crippen LogP contribution in [0.3, 0.4) is 0 Å². The van der Waals surface area contributed by atoms with E-state index in [4.69, 9.17) is 0 Å². The summed E-state index contributed by atoms with van der Waals surface area (Å²) in [6, 6.07) is 0. The van der Waals surface area contributed by atoms with Crippen molar-refractivity contribution in [1.29, 1.82) is 0 Å². The van der Waals surface area contributed by atoms with Gasteiger partial charge in [-0.05, 0) is 105 Å². The monoisotopic (exact) mass is 390 g/mol. The maximum atomic E-state index is 12.7. The van der Waals surface area contributed by atoms with Crippen molar-refractivity contribution in [1.82, 2.24) is 0 Å². The van der Waals surface area contributed by atoms with E-state index >= 15 is 0 Å². The summed E-state index contributed by atoms with van der Waals surface area (Å²) in [4.78, 5) is 0. The van der Waals surface area contributed by atoms with Gasteiger partial charge in [0.05, 0.1) is 12.8 Å². The lowest BCUT2D eigenvalue weighted by Crippen LogP contribution is -2.50. The predicted octanol–water partition coefficient (Wildman–Crippen LogP) is 7.09. The lowest BCUT2D eigenvalue weighted by molar-refractivity contribution is -0.0508. The van der Waals surface area contributed by atoms with E-state index in [1.807, 2.05) is 6.92 Å². The van der Waals surface area contributed by atoms with Crippen LogP contribution in [0.4, 0.5) is 4.39 Å². The molecule has 0 saturated heterocycles. The van der Waals surface area contributed by atoms with Gasteiger partial charge in [-0.2, -0.15) is 0 Å². The average Bonchev–Trinajstić information content (AvgIpc) is 3.02. The third kappa shape index (κ3) is 3.50. The van der Waals surface area contributed by atoms with Gasteiger partial charge < -0.3 is 5.11 Å². The summed E-state index contributed by atoms with van der Waals surface area (Å²) in [5, 5.41) is 10.2. The summed E-state index contributed by atoms with van der Waals surface area (Å²) in [5.41, 5.74) is 2.50. The smallest absolute Gasteiger partial charge is 0.0919 e. The lowest BCUT2D eigenvalue weighted by atomic mass is 9.47. The second-order valence-corrected chi connectivity index (χ2v) is 11.5. The molecule has 0 amide bonds. The highest BCUT2D eigenvalue weighted by atomic mass is 19.1. The molecule has 8 unspecified atom stereocenters. The first-order valence-corrected chi connectivity index (χ1v) is 12.3. The maximum Gasteiger partial charge on any atom is 0.0919 e. The van der Waals surface area contributed by atoms with Crippen LogP contribution in [-0.2, 0) is 0 Å². The first kappa shape index (κ1) is 20.9. The SMILES string of the molecule is CC(CF)CCCCC1CCC2C3CC=C4CC(O)CCC4(C)C3CCC12C. The van der Waals surface area contributed by atoms with Gasteiger partial charge in [0.1, 0.15) is 0 Å². The molecule has 4 aliphatic rings. The van der Waals surface area contributed by atoms with Gasteiger partial charge in [-0.25, -0.2) is 0 Å². The van der Waals surface area contributed by atoms with Crippen molar-refractivity contribution in [2.24, 2.45) is 40.4 Å². The molecular formula is C26H43FO. The second-order valence-electron chi connectivity index (χ2n) is 11.5. The van der Waals surface area contributed by atoms with Crippen LogP contribution in [0.5, 0.6) is 0 Å². The summed E-state index contributed by atoms with van der Waals surface area (Å²) in [6.45, 7) is 7.05. The van der Waals surface area contributed by atoms with Crippen LogP contribution < -0.4 is 0 Å². The number of halogens is 1. The Bertz CT molecular complexity index is 585. The van der Waals surface area contributed by atoms with Crippen LogP contribution in [0.1, 0.15) is 97.8 Å². The van der Waals surface area contributed by atoms with Crippen molar-refractivity contribution < 1.29 is 9.50 Å². The van der Waals surface area contributed by atoms with Gasteiger partial charge >= 0.3 is 0 Å². The Morgan fingerprint density at radius 3 is 2.71 bits per heavy atom. The molecule has 28 heavy (non-hydrogen) atoms. The maximum absolute atomic E-state index is 12.7. The molecular weight excluding hydrogens is 347 g/mol. The highest BCUT2D eigenvalue weighted by Crippen LogP contribution is 2.66. The van der Waals surface area contributed by atoms with Gasteiger partial charge in [0.15, 0.2) is 0 Å². The standard InChI is InChI=1S/C26H43FO/c1-18(17-27)6-4-5-7-19-9-11-23-22-10-8-20-16-21(28)12-14-26(20,3)24(22)13-15-25(19,23)2/h8,18-19,21-24,28H,4-7,9-17H2,1-3H3. The number of rotatable bonds is 6. The third-order valence-corrected chi connectivity index (χ3v) is 10.0. The summed E-state index contributed by atoms with van der Waals surface area (Å²) in [6.07, 6.45) is 17.5. The molecule has 8 atom stereocenters. The van der Waals surface area contributed by atoms with Crippen molar-refractivity contribution in [2.45, 2.75) is 104 Å². The van der Waals surface area contributed by atoms with Crippen LogP contribution in [0.15, 0.2) is 11.6 Å². The van der Waals surface area contributed by atoms with Crippen LogP contribution in [0.25, 0.3) is 0 Å². The van der Waals surface area contributed by atoms with E-state index in [-0.39, 0.29) is 18.7 Å². The molecule has 0 heterocycles. The number of aliphatic hydroxyl groups is 1. The molecule has 1 N–H and O–H groups in total. The molecule has 0 bridgehead atoms. The number of allylic oxidation sites excluding steroid dienone is 1. The largest absolute Gasteiger partial charge is 0.393 e. The minimum atomic E-state index is -0.155. The number of fused-ring (bicyclic) bond motifs is 5. The molecule has 4 rings (SSSR count). The van der Waals surface area contributed by atoms with Crippen molar-refractivity contribution in [3.05, 3.63) is 11.6 Å². The van der Waals surface area contributed by atoms with Crippen molar-refractivity contribution in [3.63, 3.8) is 0 Å². The zero-order valence-electron chi connectivity index (χ0n) is 18.6. The third-order valence-electron chi connectivity index (χ3n) is 10.0. The fourth-order valence-electron chi connectivity index (χ4n) is 8.19. The van der Waals surface area contributed by atoms with E-state index in [1.54, 1.807) is 5.57 Å². The van der Waals surface area contributed by atoms with Crippen molar-refractivity contribution in [2.75, 3.05) is 6.67 Å². The van der Waals surface area contributed by atoms with Gasteiger partial charge in [-0.3, -0.25) is 4.39 Å². The molecule has 3 saturated carbocycles. The topological polar surface area (TPSA) is 20.2 Å². The van der Waals surface area contributed by atoms with Crippen LogP contribution in [-0.4, -0.2) is 17.9 Å². The summed E-state index contributed by atoms with van der Waals surface area (Å²) in [7, 11) is 0. The van der Waals surface area contributed by atoms with Gasteiger partial charge in [0.2, 0.25) is 0 Å². The van der Waals surface area contributed by atoms with Gasteiger partial charge in [-0.1, -0.05) is 45.3 Å². The molecule has 0 aromatic heterocycles. The minimum absolute atomic E-state index is 0.0966. The Labute approximate surface area is 172 Å². The molecule has 3 fully saturated rings. The Balaban J connectivity index is 1.42. The summed E-state index contributed by atoms with van der Waals surface area (Å²) < 4.78 is 12.7. The molecule has 2 heteroatoms. The fourth-order valence-corrected chi connectivity index (χ4v) is 8.19. The molecule has 0 aromatic rings. The number of hydrogen-bond acceptors (Lipinski definition) is 1. The highest BCUT2D eigenvalue weighted by Gasteiger charge is 2.58. The lowest BCUT2D eigenvalue weighted by Gasteiger charge is -2.58. The first-order chi connectivity index (χ1) is 13.4. The molecule has 160 valence electrons. The minimum Gasteiger partial charge on any atom is -0.393 e. The number of hydrogen-bond donors (Lipinski definition) is 1. The van der Waals surface area contributed by atoms with Crippen LogP contribution in [0, 0.1) is 40.4 Å². The molecule has 1 nitrogen and oxygen atoms in total.